The Morgan fingerprint density at radius 1 is 0.931 bits per heavy atom. The van der Waals surface area contributed by atoms with Gasteiger partial charge in [-0.2, -0.15) is 0 Å². The predicted molar refractivity (Wildman–Crippen MR) is 134 cm³/mol. The van der Waals surface area contributed by atoms with Crippen LogP contribution in [0.1, 0.15) is 18.1 Å². The summed E-state index contributed by atoms with van der Waals surface area (Å²) in [5.74, 6) is 0.832. The Kier molecular flexibility index (Phi) is 10.5. The minimum Gasteiger partial charge on any atom is -0.355 e. The van der Waals surface area contributed by atoms with Crippen LogP contribution in [0, 0.1) is 6.92 Å². The van der Waals surface area contributed by atoms with Crippen LogP contribution >= 0.6 is 24.0 Å². The summed E-state index contributed by atoms with van der Waals surface area (Å²) in [6.45, 7) is 12.7. The number of nitrogens with zero attached hydrogens (tertiary/aromatic N) is 3. The number of piperazine rings is 1. The monoisotopic (exact) mass is 507 g/mol. The number of benzene rings is 2. The van der Waals surface area contributed by atoms with E-state index >= 15 is 0 Å². The molecule has 2 aromatic rings. The number of anilines is 1. The van der Waals surface area contributed by atoms with E-state index < -0.39 is 0 Å². The van der Waals surface area contributed by atoms with Gasteiger partial charge in [-0.3, -0.25) is 4.90 Å². The Morgan fingerprint density at radius 3 is 2.24 bits per heavy atom. The molecule has 2 N–H and O–H groups in total. The number of hydrogen-bond donors (Lipinski definition) is 2. The maximum Gasteiger partial charge on any atom is 0.196 e. The number of para-hydroxylation sites is 1. The maximum absolute atomic E-state index is 4.79. The van der Waals surface area contributed by atoms with Crippen LogP contribution in [0.15, 0.2) is 59.6 Å². The van der Waals surface area contributed by atoms with Crippen LogP contribution in [0.3, 0.4) is 0 Å². The van der Waals surface area contributed by atoms with Gasteiger partial charge in [-0.1, -0.05) is 55.0 Å². The summed E-state index contributed by atoms with van der Waals surface area (Å²) in [6, 6.07) is 18.8. The number of guanidine groups is 1. The minimum atomic E-state index is 0. The molecule has 1 aliphatic heterocycles. The van der Waals surface area contributed by atoms with Crippen molar-refractivity contribution in [2.45, 2.75) is 20.4 Å². The molecule has 5 nitrogen and oxygen atoms in total. The Hall–Kier alpha value is -1.64. The summed E-state index contributed by atoms with van der Waals surface area (Å²) >= 11 is 0. The molecule has 158 valence electrons. The topological polar surface area (TPSA) is 42.9 Å². The molecule has 3 rings (SSSR count). The summed E-state index contributed by atoms with van der Waals surface area (Å²) in [5, 5.41) is 6.93. The highest BCUT2D eigenvalue weighted by Crippen LogP contribution is 2.07. The van der Waals surface area contributed by atoms with E-state index in [9.17, 15) is 0 Å². The quantitative estimate of drug-likeness (QED) is 0.340. The number of hydrogen-bond acceptors (Lipinski definition) is 3. The molecule has 6 heteroatoms. The van der Waals surface area contributed by atoms with Gasteiger partial charge in [0, 0.05) is 45.0 Å². The third kappa shape index (κ3) is 8.32. The van der Waals surface area contributed by atoms with Crippen LogP contribution in [0.5, 0.6) is 0 Å². The van der Waals surface area contributed by atoms with Gasteiger partial charge in [-0.15, -0.1) is 24.0 Å². The second kappa shape index (κ2) is 12.8. The van der Waals surface area contributed by atoms with Crippen molar-refractivity contribution in [1.82, 2.24) is 15.1 Å². The lowest BCUT2D eigenvalue weighted by molar-refractivity contribution is 0.139. The molecule has 0 bridgehead atoms. The number of nitrogens with one attached hydrogen (secondary N) is 2. The Balaban J connectivity index is 0.00000300. The van der Waals surface area contributed by atoms with Gasteiger partial charge in [-0.05, 0) is 31.2 Å². The number of aryl methyl sites for hydroxylation is 1. The smallest absolute Gasteiger partial charge is 0.196 e. The molecule has 0 spiro atoms. The van der Waals surface area contributed by atoms with Gasteiger partial charge in [0.2, 0.25) is 0 Å². The van der Waals surface area contributed by atoms with E-state index in [-0.39, 0.29) is 24.0 Å². The minimum absolute atomic E-state index is 0. The zero-order chi connectivity index (χ0) is 19.6. The van der Waals surface area contributed by atoms with Gasteiger partial charge < -0.3 is 15.5 Å². The molecule has 1 aliphatic rings. The number of halogens is 1. The Morgan fingerprint density at radius 2 is 1.59 bits per heavy atom. The van der Waals surface area contributed by atoms with Crippen LogP contribution in [0.25, 0.3) is 0 Å². The predicted octanol–water partition coefficient (Wildman–Crippen LogP) is 3.81. The zero-order valence-corrected chi connectivity index (χ0v) is 19.9. The molecule has 0 amide bonds. The van der Waals surface area contributed by atoms with Crippen molar-refractivity contribution in [1.29, 1.82) is 0 Å². The fraction of sp³-hybridized carbons (Fsp3) is 0.435. The highest BCUT2D eigenvalue weighted by molar-refractivity contribution is 14.0. The first-order valence-corrected chi connectivity index (χ1v) is 10.3. The van der Waals surface area contributed by atoms with Crippen LogP contribution in [0.4, 0.5) is 5.69 Å². The van der Waals surface area contributed by atoms with Gasteiger partial charge in [0.05, 0.1) is 6.54 Å². The number of rotatable bonds is 7. The first-order valence-electron chi connectivity index (χ1n) is 10.3. The summed E-state index contributed by atoms with van der Waals surface area (Å²) in [7, 11) is 0. The first-order chi connectivity index (χ1) is 13.7. The first kappa shape index (κ1) is 23.6. The third-order valence-electron chi connectivity index (χ3n) is 5.21. The second-order valence-corrected chi connectivity index (χ2v) is 7.34. The summed E-state index contributed by atoms with van der Waals surface area (Å²) in [5.41, 5.74) is 3.54. The van der Waals surface area contributed by atoms with Crippen molar-refractivity contribution < 1.29 is 0 Å². The molecular formula is C23H34IN5. The van der Waals surface area contributed by atoms with Gasteiger partial charge in [-0.25, -0.2) is 4.99 Å². The molecular weight excluding hydrogens is 473 g/mol. The summed E-state index contributed by atoms with van der Waals surface area (Å²) < 4.78 is 0. The molecule has 0 unspecified atom stereocenters. The third-order valence-corrected chi connectivity index (χ3v) is 5.21. The SMILES string of the molecule is CCN1CCN(CCNC(=NCc2ccc(C)cc2)Nc2ccccc2)CC1.I. The fourth-order valence-electron chi connectivity index (χ4n) is 3.32. The van der Waals surface area contributed by atoms with E-state index in [2.05, 4.69) is 70.7 Å². The number of aliphatic imine (C=N–C) groups is 1. The average molecular weight is 507 g/mol. The standard InChI is InChI=1S/C23H33N5.HI/c1-3-27-15-17-28(18-16-27)14-13-24-23(26-22-7-5-4-6-8-22)25-19-21-11-9-20(2)10-12-21;/h4-12H,3,13-19H2,1-2H3,(H2,24,25,26);1H. The molecule has 1 saturated heterocycles. The highest BCUT2D eigenvalue weighted by Gasteiger charge is 2.14. The Labute approximate surface area is 192 Å². The van der Waals surface area contributed by atoms with Crippen LogP contribution in [0.2, 0.25) is 0 Å². The summed E-state index contributed by atoms with van der Waals surface area (Å²) in [4.78, 5) is 9.83. The lowest BCUT2D eigenvalue weighted by Crippen LogP contribution is -2.48. The lowest BCUT2D eigenvalue weighted by atomic mass is 10.1. The van der Waals surface area contributed by atoms with Gasteiger partial charge in [0.15, 0.2) is 5.96 Å². The van der Waals surface area contributed by atoms with Crippen molar-refractivity contribution in [3.05, 3.63) is 65.7 Å². The molecule has 2 aromatic carbocycles. The van der Waals surface area contributed by atoms with E-state index in [0.29, 0.717) is 6.54 Å². The molecule has 0 aliphatic carbocycles. The van der Waals surface area contributed by atoms with Crippen molar-refractivity contribution in [2.24, 2.45) is 4.99 Å². The van der Waals surface area contributed by atoms with Gasteiger partial charge in [0.25, 0.3) is 0 Å². The Bertz CT molecular complexity index is 725. The van der Waals surface area contributed by atoms with Gasteiger partial charge >= 0.3 is 0 Å². The largest absolute Gasteiger partial charge is 0.355 e. The molecule has 0 radical (unpaired) electrons. The molecule has 0 saturated carbocycles. The van der Waals surface area contributed by atoms with Crippen LogP contribution < -0.4 is 10.6 Å². The zero-order valence-electron chi connectivity index (χ0n) is 17.6. The van der Waals surface area contributed by atoms with Crippen molar-refractivity contribution in [2.75, 3.05) is 51.1 Å². The molecule has 0 aromatic heterocycles. The number of likely N-dealkylation sites (N-methyl/N-ethyl adjacent to an activating group) is 1. The average Bonchev–Trinajstić information content (AvgIpc) is 2.74. The van der Waals surface area contributed by atoms with E-state index in [4.69, 9.17) is 4.99 Å². The van der Waals surface area contributed by atoms with E-state index in [1.165, 1.54) is 24.2 Å². The molecule has 29 heavy (non-hydrogen) atoms. The van der Waals surface area contributed by atoms with E-state index in [0.717, 1.165) is 44.4 Å². The van der Waals surface area contributed by atoms with Gasteiger partial charge in [0.1, 0.15) is 0 Å². The van der Waals surface area contributed by atoms with Crippen molar-refractivity contribution in [3.63, 3.8) is 0 Å². The van der Waals surface area contributed by atoms with Crippen molar-refractivity contribution >= 4 is 35.6 Å². The fourth-order valence-corrected chi connectivity index (χ4v) is 3.32. The molecule has 1 fully saturated rings. The van der Waals surface area contributed by atoms with Crippen LogP contribution in [-0.4, -0.2) is 61.6 Å². The normalized spacial score (nSPS) is 15.6. The van der Waals surface area contributed by atoms with Crippen molar-refractivity contribution in [3.8, 4) is 0 Å². The lowest BCUT2D eigenvalue weighted by Gasteiger charge is -2.34. The highest BCUT2D eigenvalue weighted by atomic mass is 127. The molecule has 0 atom stereocenters. The maximum atomic E-state index is 4.79. The molecule has 1 heterocycles. The van der Waals surface area contributed by atoms with E-state index in [1.807, 2.05) is 18.2 Å². The van der Waals surface area contributed by atoms with E-state index in [1.54, 1.807) is 0 Å². The second-order valence-electron chi connectivity index (χ2n) is 7.34. The van der Waals surface area contributed by atoms with Crippen LogP contribution in [-0.2, 0) is 6.54 Å². The summed E-state index contributed by atoms with van der Waals surface area (Å²) in [6.07, 6.45) is 0.